The zero-order valence-electron chi connectivity index (χ0n) is 11.0. The van der Waals surface area contributed by atoms with Gasteiger partial charge in [0.25, 0.3) is 0 Å². The minimum absolute atomic E-state index is 0.266. The van der Waals surface area contributed by atoms with Gasteiger partial charge in [-0.2, -0.15) is 0 Å². The van der Waals surface area contributed by atoms with E-state index in [1.807, 2.05) is 56.6 Å². The van der Waals surface area contributed by atoms with Crippen molar-refractivity contribution in [3.8, 4) is 11.1 Å². The maximum Gasteiger partial charge on any atom is 0.225 e. The molecule has 5 heteroatoms. The molecule has 0 saturated heterocycles. The second-order valence-corrected chi connectivity index (χ2v) is 5.22. The number of hydrogen-bond acceptors (Lipinski definition) is 4. The molecule has 2 aromatic rings. The van der Waals surface area contributed by atoms with Gasteiger partial charge < -0.3 is 15.6 Å². The first-order chi connectivity index (χ1) is 8.46. The summed E-state index contributed by atoms with van der Waals surface area (Å²) in [5.41, 5.74) is 7.80. The van der Waals surface area contributed by atoms with Crippen molar-refractivity contribution in [3.63, 3.8) is 0 Å². The number of nitrogens with two attached hydrogens (primary N) is 1. The molecule has 0 aliphatic heterocycles. The van der Waals surface area contributed by atoms with Crippen molar-refractivity contribution in [2.45, 2.75) is 19.4 Å². The molecule has 2 heterocycles. The van der Waals surface area contributed by atoms with Gasteiger partial charge >= 0.3 is 0 Å². The summed E-state index contributed by atoms with van der Waals surface area (Å²) in [4.78, 5) is 13.7. The Morgan fingerprint density at radius 2 is 1.94 bits per heavy atom. The lowest BCUT2D eigenvalue weighted by Crippen LogP contribution is -2.44. The van der Waals surface area contributed by atoms with E-state index >= 15 is 0 Å². The van der Waals surface area contributed by atoms with E-state index in [-0.39, 0.29) is 5.54 Å². The Labute approximate surface area is 107 Å². The number of nitrogens with one attached hydrogen (secondary N) is 1. The molecule has 0 radical (unpaired) electrons. The van der Waals surface area contributed by atoms with Gasteiger partial charge in [0.05, 0.1) is 0 Å². The van der Waals surface area contributed by atoms with E-state index in [1.165, 1.54) is 0 Å². The number of nitrogens with zero attached hydrogens (tertiary/aromatic N) is 3. The Hall–Kier alpha value is -1.88. The minimum Gasteiger partial charge on any atom is -0.367 e. The zero-order valence-corrected chi connectivity index (χ0v) is 11.0. The average Bonchev–Trinajstić information content (AvgIpc) is 2.80. The third-order valence-electron chi connectivity index (χ3n) is 2.56. The van der Waals surface area contributed by atoms with Crippen LogP contribution in [0.3, 0.4) is 0 Å². The summed E-state index contributed by atoms with van der Waals surface area (Å²) >= 11 is 0. The molecule has 0 spiro atoms. The van der Waals surface area contributed by atoms with Crippen LogP contribution in [0.4, 0.5) is 5.95 Å². The highest BCUT2D eigenvalue weighted by Crippen LogP contribution is 2.18. The van der Waals surface area contributed by atoms with Gasteiger partial charge in [-0.3, -0.25) is 0 Å². The van der Waals surface area contributed by atoms with E-state index in [4.69, 9.17) is 5.73 Å². The fraction of sp³-hybridized carbons (Fsp3) is 0.385. The van der Waals surface area contributed by atoms with Crippen LogP contribution in [0.15, 0.2) is 30.9 Å². The van der Waals surface area contributed by atoms with E-state index < -0.39 is 0 Å². The van der Waals surface area contributed by atoms with Crippen molar-refractivity contribution in [2.24, 2.45) is 5.73 Å². The molecule has 18 heavy (non-hydrogen) atoms. The van der Waals surface area contributed by atoms with Crippen molar-refractivity contribution in [1.82, 2.24) is 15.0 Å². The van der Waals surface area contributed by atoms with Crippen LogP contribution in [0, 0.1) is 0 Å². The average molecular weight is 245 g/mol. The van der Waals surface area contributed by atoms with Crippen LogP contribution in [-0.4, -0.2) is 34.1 Å². The summed E-state index contributed by atoms with van der Waals surface area (Å²) in [6.07, 6.45) is 7.45. The first-order valence-electron chi connectivity index (χ1n) is 5.91. The zero-order chi connectivity index (χ0) is 13.2. The molecule has 3 N–H and O–H groups in total. The summed E-state index contributed by atoms with van der Waals surface area (Å²) in [6, 6.07) is 1.99. The minimum atomic E-state index is -0.266. The van der Waals surface area contributed by atoms with Gasteiger partial charge in [0.2, 0.25) is 5.95 Å². The first-order valence-corrected chi connectivity index (χ1v) is 5.91. The highest BCUT2D eigenvalue weighted by molar-refractivity contribution is 5.60. The first kappa shape index (κ1) is 12.6. The van der Waals surface area contributed by atoms with E-state index in [9.17, 15) is 0 Å². The second-order valence-electron chi connectivity index (χ2n) is 5.22. The topological polar surface area (TPSA) is 70.8 Å². The van der Waals surface area contributed by atoms with Crippen LogP contribution >= 0.6 is 0 Å². The molecule has 96 valence electrons. The SMILES string of the molecule is CN(CC(C)(C)N)c1ncc(-c2cc[nH]c2)cn1. The Morgan fingerprint density at radius 1 is 1.28 bits per heavy atom. The Balaban J connectivity index is 2.13. The summed E-state index contributed by atoms with van der Waals surface area (Å²) in [5, 5.41) is 0. The van der Waals surface area contributed by atoms with Crippen molar-refractivity contribution in [1.29, 1.82) is 0 Å². The maximum absolute atomic E-state index is 5.98. The second kappa shape index (κ2) is 4.78. The summed E-state index contributed by atoms with van der Waals surface area (Å²) in [6.45, 7) is 4.67. The maximum atomic E-state index is 5.98. The van der Waals surface area contributed by atoms with Gasteiger partial charge in [-0.15, -0.1) is 0 Å². The van der Waals surface area contributed by atoms with Crippen LogP contribution < -0.4 is 10.6 Å². The molecule has 0 aliphatic rings. The summed E-state index contributed by atoms with van der Waals surface area (Å²) in [7, 11) is 1.94. The monoisotopic (exact) mass is 245 g/mol. The molecule has 0 amide bonds. The Bertz CT molecular complexity index is 481. The molecule has 2 rings (SSSR count). The lowest BCUT2D eigenvalue weighted by Gasteiger charge is -2.26. The molecular formula is C13H19N5. The van der Waals surface area contributed by atoms with Gasteiger partial charge in [-0.25, -0.2) is 9.97 Å². The van der Waals surface area contributed by atoms with E-state index in [0.29, 0.717) is 12.5 Å². The van der Waals surface area contributed by atoms with Crippen LogP contribution in [-0.2, 0) is 0 Å². The van der Waals surface area contributed by atoms with Gasteiger partial charge in [-0.05, 0) is 19.9 Å². The number of rotatable bonds is 4. The van der Waals surface area contributed by atoms with Crippen molar-refractivity contribution in [3.05, 3.63) is 30.9 Å². The number of aromatic nitrogens is 3. The number of H-pyrrole nitrogens is 1. The van der Waals surface area contributed by atoms with Gasteiger partial charge in [-0.1, -0.05) is 0 Å². The quantitative estimate of drug-likeness (QED) is 0.859. The lowest BCUT2D eigenvalue weighted by molar-refractivity contribution is 0.515. The molecule has 0 saturated carbocycles. The van der Waals surface area contributed by atoms with Crippen LogP contribution in [0.1, 0.15) is 13.8 Å². The molecule has 0 aliphatic carbocycles. The van der Waals surface area contributed by atoms with Crippen LogP contribution in [0.2, 0.25) is 0 Å². The summed E-state index contributed by atoms with van der Waals surface area (Å²) < 4.78 is 0. The third-order valence-corrected chi connectivity index (χ3v) is 2.56. The fourth-order valence-electron chi connectivity index (χ4n) is 1.85. The van der Waals surface area contributed by atoms with Crippen LogP contribution in [0.25, 0.3) is 11.1 Å². The molecule has 0 atom stereocenters. The molecule has 0 aromatic carbocycles. The van der Waals surface area contributed by atoms with Crippen molar-refractivity contribution in [2.75, 3.05) is 18.5 Å². The smallest absolute Gasteiger partial charge is 0.225 e. The number of likely N-dealkylation sites (N-methyl/N-ethyl adjacent to an activating group) is 1. The molecule has 0 bridgehead atoms. The van der Waals surface area contributed by atoms with Crippen molar-refractivity contribution >= 4 is 5.95 Å². The standard InChI is InChI=1S/C13H19N5/c1-13(2,14)9-18(3)12-16-7-11(8-17-12)10-4-5-15-6-10/h4-8,15H,9,14H2,1-3H3. The van der Waals surface area contributed by atoms with Gasteiger partial charge in [0, 0.05) is 55.0 Å². The number of anilines is 1. The summed E-state index contributed by atoms with van der Waals surface area (Å²) in [5.74, 6) is 0.688. The molecule has 2 aromatic heterocycles. The number of hydrogen-bond donors (Lipinski definition) is 2. The molecular weight excluding hydrogens is 226 g/mol. The van der Waals surface area contributed by atoms with Crippen LogP contribution in [0.5, 0.6) is 0 Å². The van der Waals surface area contributed by atoms with E-state index in [1.54, 1.807) is 0 Å². The van der Waals surface area contributed by atoms with Crippen molar-refractivity contribution < 1.29 is 0 Å². The normalized spacial score (nSPS) is 11.6. The molecule has 5 nitrogen and oxygen atoms in total. The lowest BCUT2D eigenvalue weighted by atomic mass is 10.1. The fourth-order valence-corrected chi connectivity index (χ4v) is 1.85. The molecule has 0 fully saturated rings. The highest BCUT2D eigenvalue weighted by Gasteiger charge is 2.15. The predicted octanol–water partition coefficient (Wildman–Crippen LogP) is 1.65. The Kier molecular flexibility index (Phi) is 3.34. The predicted molar refractivity (Wildman–Crippen MR) is 73.4 cm³/mol. The Morgan fingerprint density at radius 3 is 2.44 bits per heavy atom. The van der Waals surface area contributed by atoms with Gasteiger partial charge in [0.1, 0.15) is 0 Å². The van der Waals surface area contributed by atoms with E-state index in [2.05, 4.69) is 15.0 Å². The number of aromatic amines is 1. The molecule has 0 unspecified atom stereocenters. The largest absolute Gasteiger partial charge is 0.367 e. The van der Waals surface area contributed by atoms with Gasteiger partial charge in [0.15, 0.2) is 0 Å². The van der Waals surface area contributed by atoms with E-state index in [0.717, 1.165) is 11.1 Å². The highest BCUT2D eigenvalue weighted by atomic mass is 15.2. The third kappa shape index (κ3) is 3.07.